The van der Waals surface area contributed by atoms with Crippen LogP contribution in [-0.4, -0.2) is 59.4 Å². The predicted molar refractivity (Wildman–Crippen MR) is 102 cm³/mol. The molecule has 2 fully saturated rings. The molecule has 0 spiro atoms. The zero-order valence-electron chi connectivity index (χ0n) is 16.0. The minimum absolute atomic E-state index is 0.0921. The summed E-state index contributed by atoms with van der Waals surface area (Å²) in [5.74, 6) is 0.482. The van der Waals surface area contributed by atoms with E-state index < -0.39 is 6.10 Å². The number of carbonyl (C=O) groups is 2. The van der Waals surface area contributed by atoms with Crippen LogP contribution in [0.25, 0.3) is 0 Å². The van der Waals surface area contributed by atoms with Crippen molar-refractivity contribution in [3.8, 4) is 0 Å². The second-order valence-electron chi connectivity index (χ2n) is 7.56. The van der Waals surface area contributed by atoms with Crippen molar-refractivity contribution in [2.24, 2.45) is 5.92 Å². The van der Waals surface area contributed by atoms with Gasteiger partial charge in [0, 0.05) is 55.8 Å². The Kier molecular flexibility index (Phi) is 4.80. The number of aliphatic hydroxyl groups is 1. The number of aryl methyl sites for hydroxylation is 2. The van der Waals surface area contributed by atoms with Crippen molar-refractivity contribution >= 4 is 17.6 Å². The number of nitrogens with zero attached hydrogens (tertiary/aromatic N) is 3. The van der Waals surface area contributed by atoms with Crippen LogP contribution in [0, 0.1) is 19.8 Å². The summed E-state index contributed by atoms with van der Waals surface area (Å²) in [4.78, 5) is 28.3. The van der Waals surface area contributed by atoms with Crippen LogP contribution in [0.4, 0.5) is 10.5 Å². The minimum atomic E-state index is -0.608. The third kappa shape index (κ3) is 3.47. The molecule has 4 rings (SSSR count). The van der Waals surface area contributed by atoms with Gasteiger partial charge >= 0.3 is 6.03 Å². The maximum absolute atomic E-state index is 13.0. The standard InChI is InChI=1S/C20H24N4O4/c1-12-3-4-14(9-17(12)24-6-5-21-20(24)27)19(26)23-10-15(18(25)11-23)8-16-7-13(2)22-28-16/h3-4,7,9,15,18,25H,5-6,8,10-11H2,1-2H3,(H,21,27)/t15-,18-/m1/s1. The Bertz CT molecular complexity index is 909. The minimum Gasteiger partial charge on any atom is -0.391 e. The number of hydrogen-bond donors (Lipinski definition) is 2. The summed E-state index contributed by atoms with van der Waals surface area (Å²) < 4.78 is 5.24. The molecule has 2 aromatic rings. The molecular weight excluding hydrogens is 360 g/mol. The largest absolute Gasteiger partial charge is 0.391 e. The van der Waals surface area contributed by atoms with Gasteiger partial charge in [-0.25, -0.2) is 4.79 Å². The number of likely N-dealkylation sites (tertiary alicyclic amines) is 1. The Morgan fingerprint density at radius 3 is 2.82 bits per heavy atom. The van der Waals surface area contributed by atoms with Crippen LogP contribution in [0.5, 0.6) is 0 Å². The van der Waals surface area contributed by atoms with Crippen LogP contribution in [0.15, 0.2) is 28.8 Å². The molecule has 8 heteroatoms. The summed E-state index contributed by atoms with van der Waals surface area (Å²) in [6.45, 7) is 5.68. The van der Waals surface area contributed by atoms with Crippen molar-refractivity contribution in [2.75, 3.05) is 31.1 Å². The van der Waals surface area contributed by atoms with Crippen LogP contribution in [0.1, 0.15) is 27.4 Å². The van der Waals surface area contributed by atoms with Gasteiger partial charge in [-0.05, 0) is 31.5 Å². The van der Waals surface area contributed by atoms with Gasteiger partial charge in [0.2, 0.25) is 0 Å². The molecule has 0 bridgehead atoms. The van der Waals surface area contributed by atoms with E-state index in [2.05, 4.69) is 10.5 Å². The lowest BCUT2D eigenvalue weighted by atomic mass is 10.0. The summed E-state index contributed by atoms with van der Waals surface area (Å²) >= 11 is 0. The number of rotatable bonds is 4. The first-order valence-electron chi connectivity index (χ1n) is 9.48. The van der Waals surface area contributed by atoms with E-state index in [1.165, 1.54) is 0 Å². The number of benzene rings is 1. The molecule has 148 valence electrons. The molecular formula is C20H24N4O4. The van der Waals surface area contributed by atoms with Gasteiger partial charge in [-0.15, -0.1) is 0 Å². The van der Waals surface area contributed by atoms with Crippen molar-refractivity contribution in [1.82, 2.24) is 15.4 Å². The number of hydrogen-bond acceptors (Lipinski definition) is 5. The molecule has 3 amide bonds. The molecule has 0 radical (unpaired) electrons. The Morgan fingerprint density at radius 2 is 2.14 bits per heavy atom. The SMILES string of the molecule is Cc1cc(C[C@@H]2CN(C(=O)c3ccc(C)c(N4CCNC4=O)c3)C[C@H]2O)on1. The summed E-state index contributed by atoms with van der Waals surface area (Å²) in [5, 5.41) is 17.1. The number of amides is 3. The molecule has 3 heterocycles. The van der Waals surface area contributed by atoms with E-state index in [4.69, 9.17) is 4.52 Å². The monoisotopic (exact) mass is 384 g/mol. The highest BCUT2D eigenvalue weighted by Gasteiger charge is 2.35. The Hall–Kier alpha value is -2.87. The molecule has 8 nitrogen and oxygen atoms in total. The zero-order valence-corrected chi connectivity index (χ0v) is 16.0. The van der Waals surface area contributed by atoms with E-state index in [-0.39, 0.29) is 24.4 Å². The molecule has 2 aliphatic heterocycles. The van der Waals surface area contributed by atoms with Crippen molar-refractivity contribution in [2.45, 2.75) is 26.4 Å². The normalized spacial score (nSPS) is 22.0. The van der Waals surface area contributed by atoms with Gasteiger partial charge in [-0.2, -0.15) is 0 Å². The number of aromatic nitrogens is 1. The van der Waals surface area contributed by atoms with Crippen LogP contribution in [-0.2, 0) is 6.42 Å². The van der Waals surface area contributed by atoms with E-state index in [0.29, 0.717) is 37.4 Å². The summed E-state index contributed by atoms with van der Waals surface area (Å²) in [6, 6.07) is 7.10. The lowest BCUT2D eigenvalue weighted by Gasteiger charge is -2.20. The summed E-state index contributed by atoms with van der Waals surface area (Å²) in [5.41, 5.74) is 3.00. The van der Waals surface area contributed by atoms with Gasteiger partial charge < -0.3 is 19.8 Å². The Balaban J connectivity index is 1.49. The van der Waals surface area contributed by atoms with Gasteiger partial charge in [-0.1, -0.05) is 11.2 Å². The fourth-order valence-corrected chi connectivity index (χ4v) is 3.91. The maximum Gasteiger partial charge on any atom is 0.322 e. The van der Waals surface area contributed by atoms with Gasteiger partial charge in [0.15, 0.2) is 0 Å². The number of aliphatic hydroxyl groups excluding tert-OH is 1. The molecule has 2 aliphatic rings. The first-order valence-corrected chi connectivity index (χ1v) is 9.48. The van der Waals surface area contributed by atoms with Crippen molar-refractivity contribution in [1.29, 1.82) is 0 Å². The van der Waals surface area contributed by atoms with Crippen molar-refractivity contribution in [3.63, 3.8) is 0 Å². The van der Waals surface area contributed by atoms with E-state index in [1.807, 2.05) is 26.0 Å². The second kappa shape index (κ2) is 7.27. The first kappa shape index (κ1) is 18.5. The smallest absolute Gasteiger partial charge is 0.322 e. The quantitative estimate of drug-likeness (QED) is 0.832. The van der Waals surface area contributed by atoms with Gasteiger partial charge in [-0.3, -0.25) is 9.69 Å². The number of β-amino-alcohol motifs (C(OH)–C–C–N with tert-alkyl or cyclic N) is 1. The van der Waals surface area contributed by atoms with Crippen molar-refractivity contribution < 1.29 is 19.2 Å². The topological polar surface area (TPSA) is 98.9 Å². The molecule has 2 N–H and O–H groups in total. The molecule has 28 heavy (non-hydrogen) atoms. The second-order valence-corrected chi connectivity index (χ2v) is 7.56. The number of anilines is 1. The third-order valence-electron chi connectivity index (χ3n) is 5.44. The molecule has 1 aromatic heterocycles. The van der Waals surface area contributed by atoms with Crippen LogP contribution < -0.4 is 10.2 Å². The molecule has 0 unspecified atom stereocenters. The Morgan fingerprint density at radius 1 is 1.32 bits per heavy atom. The highest BCUT2D eigenvalue weighted by Crippen LogP contribution is 2.27. The summed E-state index contributed by atoms with van der Waals surface area (Å²) in [7, 11) is 0. The van der Waals surface area contributed by atoms with Crippen LogP contribution in [0.3, 0.4) is 0 Å². The highest BCUT2D eigenvalue weighted by atomic mass is 16.5. The third-order valence-corrected chi connectivity index (χ3v) is 5.44. The number of carbonyl (C=O) groups excluding carboxylic acids is 2. The lowest BCUT2D eigenvalue weighted by Crippen LogP contribution is -2.31. The molecule has 0 aliphatic carbocycles. The van der Waals surface area contributed by atoms with E-state index in [9.17, 15) is 14.7 Å². The molecule has 1 aromatic carbocycles. The molecule has 2 saturated heterocycles. The lowest BCUT2D eigenvalue weighted by molar-refractivity contribution is 0.0764. The van der Waals surface area contributed by atoms with E-state index >= 15 is 0 Å². The molecule has 0 saturated carbocycles. The van der Waals surface area contributed by atoms with Gasteiger partial charge in [0.1, 0.15) is 5.76 Å². The fourth-order valence-electron chi connectivity index (χ4n) is 3.91. The number of nitrogens with one attached hydrogen (secondary N) is 1. The molecule has 2 atom stereocenters. The van der Waals surface area contributed by atoms with Gasteiger partial charge in [0.25, 0.3) is 5.91 Å². The zero-order chi connectivity index (χ0) is 19.8. The van der Waals surface area contributed by atoms with Crippen LogP contribution in [0.2, 0.25) is 0 Å². The first-order chi connectivity index (χ1) is 13.4. The summed E-state index contributed by atoms with van der Waals surface area (Å²) in [6.07, 6.45) is -0.0672. The average molecular weight is 384 g/mol. The maximum atomic E-state index is 13.0. The van der Waals surface area contributed by atoms with E-state index in [1.54, 1.807) is 21.9 Å². The number of urea groups is 1. The van der Waals surface area contributed by atoms with Crippen molar-refractivity contribution in [3.05, 3.63) is 46.8 Å². The Labute approximate surface area is 163 Å². The van der Waals surface area contributed by atoms with Gasteiger partial charge in [0.05, 0.1) is 11.8 Å². The highest BCUT2D eigenvalue weighted by molar-refractivity contribution is 5.99. The fraction of sp³-hybridized carbons (Fsp3) is 0.450. The average Bonchev–Trinajstić information content (AvgIpc) is 3.37. The predicted octanol–water partition coefficient (Wildman–Crippen LogP) is 1.50. The van der Waals surface area contributed by atoms with E-state index in [0.717, 1.165) is 16.9 Å². The van der Waals surface area contributed by atoms with Crippen LogP contribution >= 0.6 is 0 Å².